The highest BCUT2D eigenvalue weighted by molar-refractivity contribution is 5.79. The summed E-state index contributed by atoms with van der Waals surface area (Å²) in [6.07, 6.45) is 0.447. The predicted molar refractivity (Wildman–Crippen MR) is 56.9 cm³/mol. The van der Waals surface area contributed by atoms with E-state index in [0.29, 0.717) is 12.1 Å². The molecule has 0 spiro atoms. The highest BCUT2D eigenvalue weighted by atomic mass is 16.6. The normalized spacial score (nSPS) is 10.1. The predicted octanol–water partition coefficient (Wildman–Crippen LogP) is -0.212. The van der Waals surface area contributed by atoms with E-state index in [1.165, 1.54) is 4.68 Å². The molecule has 1 aromatic heterocycles. The van der Waals surface area contributed by atoms with Gasteiger partial charge in [-0.05, 0) is 6.42 Å². The molecule has 1 heterocycles. The van der Waals surface area contributed by atoms with Crippen molar-refractivity contribution in [3.63, 3.8) is 0 Å². The summed E-state index contributed by atoms with van der Waals surface area (Å²) in [5, 5.41) is 17.4. The average molecular weight is 227 g/mol. The molecule has 0 radical (unpaired) electrons. The summed E-state index contributed by atoms with van der Waals surface area (Å²) in [6, 6.07) is 0. The number of nitro groups is 1. The monoisotopic (exact) mass is 227 g/mol. The number of carbonyl (C=O) groups is 1. The van der Waals surface area contributed by atoms with Gasteiger partial charge in [0.25, 0.3) is 0 Å². The van der Waals surface area contributed by atoms with Gasteiger partial charge in [-0.3, -0.25) is 14.9 Å². The van der Waals surface area contributed by atoms with Crippen LogP contribution >= 0.6 is 0 Å². The lowest BCUT2D eigenvalue weighted by molar-refractivity contribution is -0.384. The minimum atomic E-state index is -0.589. The fourth-order valence-electron chi connectivity index (χ4n) is 1.37. The third-order valence-electron chi connectivity index (χ3n) is 2.04. The minimum absolute atomic E-state index is 0.105. The van der Waals surface area contributed by atoms with E-state index in [1.54, 1.807) is 14.0 Å². The number of amides is 1. The number of hydrogen-bond donors (Lipinski definition) is 2. The van der Waals surface area contributed by atoms with Crippen molar-refractivity contribution in [2.24, 2.45) is 12.8 Å². The standard InChI is InChI=1S/C8H13N5O3/c1-3-5-7(13(15)16)8(12(2)11-5)10-4-6(9)14/h10H,3-4H2,1-2H3,(H2,9,14). The van der Waals surface area contributed by atoms with Crippen molar-refractivity contribution in [3.05, 3.63) is 15.8 Å². The molecule has 0 aliphatic heterocycles. The van der Waals surface area contributed by atoms with Crippen LogP contribution in [0.5, 0.6) is 0 Å². The van der Waals surface area contributed by atoms with Crippen molar-refractivity contribution in [2.75, 3.05) is 11.9 Å². The van der Waals surface area contributed by atoms with Crippen LogP contribution in [0.4, 0.5) is 11.5 Å². The number of primary amides is 1. The minimum Gasteiger partial charge on any atom is -0.368 e. The Morgan fingerprint density at radius 1 is 1.69 bits per heavy atom. The summed E-state index contributed by atoms with van der Waals surface area (Å²) >= 11 is 0. The summed E-state index contributed by atoms with van der Waals surface area (Å²) in [5.41, 5.74) is 5.22. The van der Waals surface area contributed by atoms with Crippen LogP contribution in [0.25, 0.3) is 0 Å². The summed E-state index contributed by atoms with van der Waals surface area (Å²) in [5.74, 6) is -0.394. The van der Waals surface area contributed by atoms with Crippen LogP contribution in [-0.4, -0.2) is 27.2 Å². The molecule has 3 N–H and O–H groups in total. The van der Waals surface area contributed by atoms with Gasteiger partial charge in [-0.25, -0.2) is 4.68 Å². The molecule has 8 nitrogen and oxygen atoms in total. The van der Waals surface area contributed by atoms with Crippen LogP contribution in [0, 0.1) is 10.1 Å². The molecule has 88 valence electrons. The lowest BCUT2D eigenvalue weighted by Crippen LogP contribution is -2.23. The highest BCUT2D eigenvalue weighted by Crippen LogP contribution is 2.27. The van der Waals surface area contributed by atoms with Gasteiger partial charge in [-0.15, -0.1) is 0 Å². The van der Waals surface area contributed by atoms with Crippen molar-refractivity contribution in [1.29, 1.82) is 0 Å². The van der Waals surface area contributed by atoms with E-state index in [0.717, 1.165) is 0 Å². The number of carbonyl (C=O) groups excluding carboxylic acids is 1. The Morgan fingerprint density at radius 3 is 2.75 bits per heavy atom. The van der Waals surface area contributed by atoms with E-state index in [4.69, 9.17) is 5.73 Å². The van der Waals surface area contributed by atoms with Gasteiger partial charge in [0.2, 0.25) is 11.7 Å². The molecule has 0 saturated heterocycles. The average Bonchev–Trinajstić information content (AvgIpc) is 2.51. The Bertz CT molecular complexity index is 426. The summed E-state index contributed by atoms with van der Waals surface area (Å²) in [4.78, 5) is 20.9. The van der Waals surface area contributed by atoms with Crippen molar-refractivity contribution in [1.82, 2.24) is 9.78 Å². The van der Waals surface area contributed by atoms with E-state index in [2.05, 4.69) is 10.4 Å². The van der Waals surface area contributed by atoms with Crippen LogP contribution in [0.1, 0.15) is 12.6 Å². The molecule has 8 heteroatoms. The number of nitrogens with one attached hydrogen (secondary N) is 1. The van der Waals surface area contributed by atoms with E-state index < -0.39 is 10.8 Å². The molecule has 1 aromatic rings. The molecule has 0 bridgehead atoms. The van der Waals surface area contributed by atoms with Crippen molar-refractivity contribution < 1.29 is 9.72 Å². The van der Waals surface area contributed by atoms with E-state index >= 15 is 0 Å². The third kappa shape index (κ3) is 2.27. The summed E-state index contributed by atoms with van der Waals surface area (Å²) in [7, 11) is 1.56. The zero-order chi connectivity index (χ0) is 12.3. The Kier molecular flexibility index (Phi) is 3.44. The molecule has 1 amide bonds. The Labute approximate surface area is 91.6 Å². The van der Waals surface area contributed by atoms with Gasteiger partial charge in [0.15, 0.2) is 0 Å². The third-order valence-corrected chi connectivity index (χ3v) is 2.04. The summed E-state index contributed by atoms with van der Waals surface area (Å²) in [6.45, 7) is 1.61. The molecule has 0 aliphatic rings. The Morgan fingerprint density at radius 2 is 2.31 bits per heavy atom. The molecular weight excluding hydrogens is 214 g/mol. The zero-order valence-corrected chi connectivity index (χ0v) is 9.06. The van der Waals surface area contributed by atoms with Crippen LogP contribution < -0.4 is 11.1 Å². The van der Waals surface area contributed by atoms with Crippen LogP contribution in [0.2, 0.25) is 0 Å². The SMILES string of the molecule is CCc1nn(C)c(NCC(N)=O)c1[N+](=O)[O-]. The van der Waals surface area contributed by atoms with Gasteiger partial charge >= 0.3 is 5.69 Å². The van der Waals surface area contributed by atoms with Gasteiger partial charge in [0, 0.05) is 7.05 Å². The number of nitrogens with zero attached hydrogens (tertiary/aromatic N) is 3. The first-order chi connectivity index (χ1) is 7.47. The number of anilines is 1. The van der Waals surface area contributed by atoms with E-state index in [-0.39, 0.29) is 18.1 Å². The van der Waals surface area contributed by atoms with Gasteiger partial charge in [-0.1, -0.05) is 6.92 Å². The molecule has 0 aliphatic carbocycles. The first-order valence-electron chi connectivity index (χ1n) is 4.69. The zero-order valence-electron chi connectivity index (χ0n) is 9.06. The second-order valence-corrected chi connectivity index (χ2v) is 3.20. The second kappa shape index (κ2) is 4.60. The smallest absolute Gasteiger partial charge is 0.333 e. The quantitative estimate of drug-likeness (QED) is 0.533. The van der Waals surface area contributed by atoms with E-state index in [9.17, 15) is 14.9 Å². The molecule has 1 rings (SSSR count). The maximum Gasteiger partial charge on any atom is 0.333 e. The van der Waals surface area contributed by atoms with Crippen molar-refractivity contribution in [2.45, 2.75) is 13.3 Å². The van der Waals surface area contributed by atoms with Gasteiger partial charge < -0.3 is 11.1 Å². The number of rotatable bonds is 5. The molecule has 0 saturated carbocycles. The molecule has 0 atom stereocenters. The van der Waals surface area contributed by atoms with Gasteiger partial charge in [0.05, 0.1) is 11.5 Å². The van der Waals surface area contributed by atoms with E-state index in [1.807, 2.05) is 0 Å². The highest BCUT2D eigenvalue weighted by Gasteiger charge is 2.25. The van der Waals surface area contributed by atoms with Gasteiger partial charge in [0.1, 0.15) is 5.69 Å². The first kappa shape index (κ1) is 12.0. The number of hydrogen-bond acceptors (Lipinski definition) is 5. The van der Waals surface area contributed by atoms with Crippen molar-refractivity contribution >= 4 is 17.4 Å². The molecule has 16 heavy (non-hydrogen) atoms. The van der Waals surface area contributed by atoms with Gasteiger partial charge in [-0.2, -0.15) is 5.10 Å². The lowest BCUT2D eigenvalue weighted by Gasteiger charge is -2.02. The van der Waals surface area contributed by atoms with Crippen LogP contribution in [0.15, 0.2) is 0 Å². The Balaban J connectivity index is 3.10. The topological polar surface area (TPSA) is 116 Å². The van der Waals surface area contributed by atoms with Crippen LogP contribution in [-0.2, 0) is 18.3 Å². The number of aromatic nitrogens is 2. The number of aryl methyl sites for hydroxylation is 2. The largest absolute Gasteiger partial charge is 0.368 e. The lowest BCUT2D eigenvalue weighted by atomic mass is 10.3. The Hall–Kier alpha value is -2.12. The van der Waals surface area contributed by atoms with Crippen LogP contribution in [0.3, 0.4) is 0 Å². The molecule has 0 fully saturated rings. The fourth-order valence-corrected chi connectivity index (χ4v) is 1.37. The first-order valence-corrected chi connectivity index (χ1v) is 4.69. The maximum atomic E-state index is 10.9. The summed E-state index contributed by atoms with van der Waals surface area (Å²) < 4.78 is 1.33. The number of nitrogens with two attached hydrogens (primary N) is 1. The molecule has 0 unspecified atom stereocenters. The van der Waals surface area contributed by atoms with Crippen molar-refractivity contribution in [3.8, 4) is 0 Å². The maximum absolute atomic E-state index is 10.9. The fraction of sp³-hybridized carbons (Fsp3) is 0.500. The molecule has 0 aromatic carbocycles. The molecular formula is C8H13N5O3. The second-order valence-electron chi connectivity index (χ2n) is 3.20.